The number of aliphatic hydroxyl groups is 1. The van der Waals surface area contributed by atoms with Gasteiger partial charge < -0.3 is 5.11 Å². The summed E-state index contributed by atoms with van der Waals surface area (Å²) in [5, 5.41) is 9.65. The highest BCUT2D eigenvalue weighted by Crippen LogP contribution is 2.10. The first-order valence-corrected chi connectivity index (χ1v) is 5.06. The Labute approximate surface area is 85.8 Å². The van der Waals surface area contributed by atoms with Gasteiger partial charge in [0.05, 0.1) is 0 Å². The van der Waals surface area contributed by atoms with E-state index in [4.69, 9.17) is 0 Å². The third kappa shape index (κ3) is 3.64. The van der Waals surface area contributed by atoms with Crippen LogP contribution in [0.1, 0.15) is 37.9 Å². The van der Waals surface area contributed by atoms with Crippen molar-refractivity contribution in [3.8, 4) is 11.8 Å². The van der Waals surface area contributed by atoms with E-state index < -0.39 is 6.10 Å². The third-order valence-electron chi connectivity index (χ3n) is 2.01. The fourth-order valence-electron chi connectivity index (χ4n) is 1.15. The highest BCUT2D eigenvalue weighted by atomic mass is 16.3. The average molecular weight is 188 g/mol. The zero-order chi connectivity index (χ0) is 10.2. The van der Waals surface area contributed by atoms with E-state index in [9.17, 15) is 5.11 Å². The van der Waals surface area contributed by atoms with Crippen LogP contribution in [0.15, 0.2) is 30.3 Å². The summed E-state index contributed by atoms with van der Waals surface area (Å²) in [4.78, 5) is 0. The molecule has 0 spiro atoms. The quantitative estimate of drug-likeness (QED) is 0.571. The lowest BCUT2D eigenvalue weighted by Crippen LogP contribution is -1.92. The van der Waals surface area contributed by atoms with Crippen molar-refractivity contribution in [2.45, 2.75) is 32.3 Å². The van der Waals surface area contributed by atoms with E-state index in [0.717, 1.165) is 24.8 Å². The van der Waals surface area contributed by atoms with E-state index in [1.165, 1.54) is 0 Å². The van der Waals surface area contributed by atoms with Crippen molar-refractivity contribution in [1.82, 2.24) is 0 Å². The molecule has 0 amide bonds. The molecule has 14 heavy (non-hydrogen) atoms. The van der Waals surface area contributed by atoms with Crippen LogP contribution in [0.25, 0.3) is 0 Å². The van der Waals surface area contributed by atoms with Crippen LogP contribution in [0.3, 0.4) is 0 Å². The van der Waals surface area contributed by atoms with E-state index in [-0.39, 0.29) is 0 Å². The zero-order valence-corrected chi connectivity index (χ0v) is 8.53. The molecule has 0 heterocycles. The second-order valence-electron chi connectivity index (χ2n) is 3.24. The van der Waals surface area contributed by atoms with Crippen molar-refractivity contribution in [2.24, 2.45) is 0 Å². The van der Waals surface area contributed by atoms with Crippen LogP contribution in [-0.2, 0) is 0 Å². The van der Waals surface area contributed by atoms with Crippen molar-refractivity contribution < 1.29 is 5.11 Å². The van der Waals surface area contributed by atoms with Gasteiger partial charge in [-0.3, -0.25) is 0 Å². The third-order valence-corrected chi connectivity index (χ3v) is 2.01. The van der Waals surface area contributed by atoms with E-state index in [0.29, 0.717) is 0 Å². The fourth-order valence-corrected chi connectivity index (χ4v) is 1.15. The largest absolute Gasteiger partial charge is 0.376 e. The Kier molecular flexibility index (Phi) is 4.82. The lowest BCUT2D eigenvalue weighted by molar-refractivity contribution is 0.238. The van der Waals surface area contributed by atoms with Crippen molar-refractivity contribution >= 4 is 0 Å². The minimum Gasteiger partial charge on any atom is -0.376 e. The zero-order valence-electron chi connectivity index (χ0n) is 8.53. The Morgan fingerprint density at radius 1 is 1.29 bits per heavy atom. The fraction of sp³-hybridized carbons (Fsp3) is 0.385. The van der Waals surface area contributed by atoms with Gasteiger partial charge in [0.15, 0.2) is 0 Å². The number of unbranched alkanes of at least 4 members (excludes halogenated alkanes) is 2. The van der Waals surface area contributed by atoms with Crippen LogP contribution in [0.5, 0.6) is 0 Å². The lowest BCUT2D eigenvalue weighted by Gasteiger charge is -2.01. The summed E-state index contributed by atoms with van der Waals surface area (Å²) in [7, 11) is 0. The van der Waals surface area contributed by atoms with Gasteiger partial charge >= 0.3 is 0 Å². The first-order valence-electron chi connectivity index (χ1n) is 5.06. The monoisotopic (exact) mass is 188 g/mol. The number of rotatable bonds is 3. The minimum atomic E-state index is -0.631. The number of benzene rings is 1. The molecule has 1 atom stereocenters. The second-order valence-corrected chi connectivity index (χ2v) is 3.24. The molecule has 0 aliphatic carbocycles. The number of hydrogen-bond acceptors (Lipinski definition) is 1. The van der Waals surface area contributed by atoms with Crippen LogP contribution in [0.2, 0.25) is 0 Å². The van der Waals surface area contributed by atoms with Crippen LogP contribution < -0.4 is 0 Å². The number of aliphatic hydroxyl groups excluding tert-OH is 1. The molecule has 74 valence electrons. The highest BCUT2D eigenvalue weighted by molar-refractivity contribution is 5.24. The Balaban J connectivity index is 2.49. The van der Waals surface area contributed by atoms with Gasteiger partial charge in [-0.25, -0.2) is 0 Å². The summed E-state index contributed by atoms with van der Waals surface area (Å²) in [6.07, 6.45) is 2.50. The molecule has 0 bridgehead atoms. The molecule has 0 fully saturated rings. The Morgan fingerprint density at radius 3 is 2.64 bits per heavy atom. The number of hydrogen-bond donors (Lipinski definition) is 1. The van der Waals surface area contributed by atoms with Gasteiger partial charge in [0, 0.05) is 6.42 Å². The molecule has 1 heteroatoms. The Bertz CT molecular complexity index is 305. The standard InChI is InChI=1S/C13H16O/c1-2-3-4-8-11-13(14)12-9-6-5-7-10-12/h5-7,9-10,13-14H,2-4H2,1H3/t13-/m0/s1. The van der Waals surface area contributed by atoms with Gasteiger partial charge in [0.2, 0.25) is 0 Å². The maximum absolute atomic E-state index is 9.65. The molecule has 0 aliphatic rings. The van der Waals surface area contributed by atoms with Crippen molar-refractivity contribution in [2.75, 3.05) is 0 Å². The summed E-state index contributed by atoms with van der Waals surface area (Å²) in [6.45, 7) is 2.13. The Morgan fingerprint density at radius 2 is 2.00 bits per heavy atom. The minimum absolute atomic E-state index is 0.631. The van der Waals surface area contributed by atoms with Crippen LogP contribution in [0.4, 0.5) is 0 Å². The van der Waals surface area contributed by atoms with Crippen LogP contribution in [-0.4, -0.2) is 5.11 Å². The summed E-state index contributed by atoms with van der Waals surface area (Å²) in [5.41, 5.74) is 0.872. The van der Waals surface area contributed by atoms with Gasteiger partial charge in [0.25, 0.3) is 0 Å². The molecule has 0 radical (unpaired) electrons. The molecular formula is C13H16O. The van der Waals surface area contributed by atoms with Gasteiger partial charge in [-0.05, 0) is 12.0 Å². The average Bonchev–Trinajstić information content (AvgIpc) is 2.25. The summed E-state index contributed by atoms with van der Waals surface area (Å²) >= 11 is 0. The highest BCUT2D eigenvalue weighted by Gasteiger charge is 2.00. The van der Waals surface area contributed by atoms with Crippen molar-refractivity contribution in [1.29, 1.82) is 0 Å². The van der Waals surface area contributed by atoms with E-state index in [1.54, 1.807) is 0 Å². The maximum Gasteiger partial charge on any atom is 0.140 e. The molecule has 1 aromatic rings. The Hall–Kier alpha value is -1.26. The molecule has 0 saturated carbocycles. The lowest BCUT2D eigenvalue weighted by atomic mass is 10.1. The predicted octanol–water partition coefficient (Wildman–Crippen LogP) is 2.91. The van der Waals surface area contributed by atoms with Crippen LogP contribution >= 0.6 is 0 Å². The first-order chi connectivity index (χ1) is 6.84. The smallest absolute Gasteiger partial charge is 0.140 e. The summed E-state index contributed by atoms with van der Waals surface area (Å²) < 4.78 is 0. The molecule has 0 saturated heterocycles. The molecule has 1 nitrogen and oxygen atoms in total. The van der Waals surface area contributed by atoms with Gasteiger partial charge in [-0.1, -0.05) is 49.6 Å². The molecule has 1 rings (SSSR count). The van der Waals surface area contributed by atoms with E-state index >= 15 is 0 Å². The van der Waals surface area contributed by atoms with E-state index in [1.807, 2.05) is 30.3 Å². The van der Waals surface area contributed by atoms with E-state index in [2.05, 4.69) is 18.8 Å². The van der Waals surface area contributed by atoms with Gasteiger partial charge in [-0.2, -0.15) is 0 Å². The van der Waals surface area contributed by atoms with Crippen molar-refractivity contribution in [3.05, 3.63) is 35.9 Å². The molecule has 0 unspecified atom stereocenters. The van der Waals surface area contributed by atoms with Gasteiger partial charge in [-0.15, -0.1) is 5.92 Å². The molecular weight excluding hydrogens is 172 g/mol. The SMILES string of the molecule is CCCCC#C[C@H](O)c1ccccc1. The summed E-state index contributed by atoms with van der Waals surface area (Å²) in [6, 6.07) is 9.53. The normalized spacial score (nSPS) is 11.6. The van der Waals surface area contributed by atoms with Crippen LogP contribution in [0, 0.1) is 11.8 Å². The topological polar surface area (TPSA) is 20.2 Å². The molecule has 1 N–H and O–H groups in total. The van der Waals surface area contributed by atoms with Gasteiger partial charge in [0.1, 0.15) is 6.10 Å². The maximum atomic E-state index is 9.65. The first kappa shape index (κ1) is 10.8. The predicted molar refractivity (Wildman–Crippen MR) is 58.7 cm³/mol. The second kappa shape index (κ2) is 6.23. The summed E-state index contributed by atoms with van der Waals surface area (Å²) in [5.74, 6) is 5.82. The molecule has 1 aromatic carbocycles. The van der Waals surface area contributed by atoms with Crippen molar-refractivity contribution in [3.63, 3.8) is 0 Å². The molecule has 0 aliphatic heterocycles. The molecule has 0 aromatic heterocycles.